The van der Waals surface area contributed by atoms with Gasteiger partial charge in [0.05, 0.1) is 18.2 Å². The summed E-state index contributed by atoms with van der Waals surface area (Å²) < 4.78 is 0. The maximum atomic E-state index is 12.8. The molecule has 5 rings (SSSR count). The lowest BCUT2D eigenvalue weighted by molar-refractivity contribution is 0.0964. The zero-order valence-corrected chi connectivity index (χ0v) is 23.6. The van der Waals surface area contributed by atoms with Gasteiger partial charge in [0.1, 0.15) is 0 Å². The summed E-state index contributed by atoms with van der Waals surface area (Å²) in [6.45, 7) is 8.15. The van der Waals surface area contributed by atoms with Crippen molar-refractivity contribution in [1.82, 2.24) is 14.8 Å². The lowest BCUT2D eigenvalue weighted by Crippen LogP contribution is -2.46. The number of unbranched alkanes of at least 4 members (excludes halogenated alkanes) is 1. The summed E-state index contributed by atoms with van der Waals surface area (Å²) in [5.74, 6) is 3.64. The number of hydrogen-bond donors (Lipinski definition) is 1. The van der Waals surface area contributed by atoms with Crippen molar-refractivity contribution >= 4 is 22.4 Å². The van der Waals surface area contributed by atoms with Gasteiger partial charge in [-0.3, -0.25) is 14.6 Å². The molecule has 208 valence electrons. The van der Waals surface area contributed by atoms with E-state index in [1.54, 1.807) is 0 Å². The Morgan fingerprint density at radius 1 is 0.975 bits per heavy atom. The second kappa shape index (κ2) is 13.7. The molecule has 1 N–H and O–H groups in total. The molecule has 2 aliphatic rings. The molecule has 0 spiro atoms. The predicted molar refractivity (Wildman–Crippen MR) is 163 cm³/mol. The summed E-state index contributed by atoms with van der Waals surface area (Å²) in [7, 11) is 0. The number of anilines is 1. The molecule has 3 heterocycles. The Hall–Kier alpha value is -3.58. The Morgan fingerprint density at radius 2 is 1.75 bits per heavy atom. The van der Waals surface area contributed by atoms with Gasteiger partial charge in [0.15, 0.2) is 5.78 Å². The van der Waals surface area contributed by atoms with Gasteiger partial charge in [-0.1, -0.05) is 5.92 Å². The molecule has 2 saturated heterocycles. The maximum absolute atomic E-state index is 12.8. The SMILES string of the molecule is C#CCN1CCC(CCC(=O)c2ccc(N3CCN(CCCCc4c[nH]c5ccc(C#N)cc45)CC3)cc2)CC1. The summed E-state index contributed by atoms with van der Waals surface area (Å²) in [6.07, 6.45) is 14.8. The molecule has 3 aromatic rings. The number of ketones is 1. The van der Waals surface area contributed by atoms with Crippen LogP contribution in [0.15, 0.2) is 48.7 Å². The van der Waals surface area contributed by atoms with Crippen molar-refractivity contribution in [3.8, 4) is 18.4 Å². The number of terminal acetylenes is 1. The van der Waals surface area contributed by atoms with E-state index in [0.29, 0.717) is 12.3 Å². The maximum Gasteiger partial charge on any atom is 0.162 e. The van der Waals surface area contributed by atoms with Gasteiger partial charge in [0.2, 0.25) is 0 Å². The largest absolute Gasteiger partial charge is 0.369 e. The van der Waals surface area contributed by atoms with Crippen LogP contribution in [-0.2, 0) is 6.42 Å². The normalized spacial score (nSPS) is 17.1. The number of nitrogens with one attached hydrogen (secondary N) is 1. The first kappa shape index (κ1) is 28.0. The molecule has 0 bridgehead atoms. The molecule has 0 radical (unpaired) electrons. The smallest absolute Gasteiger partial charge is 0.162 e. The zero-order chi connectivity index (χ0) is 27.7. The molecule has 40 heavy (non-hydrogen) atoms. The second-order valence-corrected chi connectivity index (χ2v) is 11.4. The minimum absolute atomic E-state index is 0.264. The van der Waals surface area contributed by atoms with Gasteiger partial charge >= 0.3 is 0 Å². The van der Waals surface area contributed by atoms with Crippen LogP contribution in [0.3, 0.4) is 0 Å². The van der Waals surface area contributed by atoms with Gasteiger partial charge in [-0.15, -0.1) is 6.42 Å². The molecule has 0 saturated carbocycles. The number of benzene rings is 2. The molecular formula is C34H41N5O. The fraction of sp³-hybridized carbons (Fsp3) is 0.471. The van der Waals surface area contributed by atoms with Crippen molar-refractivity contribution in [3.05, 3.63) is 65.4 Å². The number of carbonyl (C=O) groups excluding carboxylic acids is 1. The van der Waals surface area contributed by atoms with E-state index in [4.69, 9.17) is 6.42 Å². The first-order valence-corrected chi connectivity index (χ1v) is 14.9. The number of nitriles is 1. The molecule has 0 amide bonds. The number of fused-ring (bicyclic) bond motifs is 1. The highest BCUT2D eigenvalue weighted by Gasteiger charge is 2.20. The van der Waals surface area contributed by atoms with E-state index in [-0.39, 0.29) is 5.78 Å². The highest BCUT2D eigenvalue weighted by atomic mass is 16.1. The fourth-order valence-electron chi connectivity index (χ4n) is 6.24. The molecule has 6 heteroatoms. The Balaban J connectivity index is 0.999. The third kappa shape index (κ3) is 7.13. The van der Waals surface area contributed by atoms with Gasteiger partial charge < -0.3 is 9.88 Å². The Morgan fingerprint density at radius 3 is 2.48 bits per heavy atom. The number of carbonyl (C=O) groups is 1. The van der Waals surface area contributed by atoms with E-state index in [1.165, 1.54) is 23.1 Å². The van der Waals surface area contributed by atoms with Crippen LogP contribution in [-0.4, -0.2) is 72.9 Å². The number of rotatable bonds is 11. The number of aromatic nitrogens is 1. The van der Waals surface area contributed by atoms with Crippen LogP contribution in [0.4, 0.5) is 5.69 Å². The number of Topliss-reactive ketones (excluding diaryl/α,β-unsaturated/α-hetero) is 1. The standard InChI is InChI=1S/C34H41N5O/c1-2-16-37-18-14-27(15-19-37)7-13-34(40)29-8-10-31(11-9-29)39-22-20-38(21-23-39)17-4-3-5-30-26-36-33-12-6-28(25-35)24-32(30)33/h1,6,8-12,24,26-27,36H,3-5,7,13-23H2. The first-order valence-electron chi connectivity index (χ1n) is 14.9. The molecular weight excluding hydrogens is 494 g/mol. The van der Waals surface area contributed by atoms with E-state index in [0.717, 1.165) is 101 Å². The van der Waals surface area contributed by atoms with E-state index < -0.39 is 0 Å². The number of aromatic amines is 1. The van der Waals surface area contributed by atoms with Crippen LogP contribution in [0, 0.1) is 29.6 Å². The zero-order valence-electron chi connectivity index (χ0n) is 23.6. The van der Waals surface area contributed by atoms with Gasteiger partial charge in [-0.2, -0.15) is 5.26 Å². The quantitative estimate of drug-likeness (QED) is 0.200. The third-order valence-electron chi connectivity index (χ3n) is 8.80. The summed E-state index contributed by atoms with van der Waals surface area (Å²) >= 11 is 0. The predicted octanol–water partition coefficient (Wildman–Crippen LogP) is 5.49. The topological polar surface area (TPSA) is 66.4 Å². The summed E-state index contributed by atoms with van der Waals surface area (Å²) in [5, 5.41) is 10.4. The van der Waals surface area contributed by atoms with Crippen molar-refractivity contribution in [2.24, 2.45) is 5.92 Å². The van der Waals surface area contributed by atoms with Gasteiger partial charge in [0, 0.05) is 61.0 Å². The number of likely N-dealkylation sites (tertiary alicyclic amines) is 1. The molecule has 0 aliphatic carbocycles. The van der Waals surface area contributed by atoms with Crippen LogP contribution in [0.25, 0.3) is 10.9 Å². The van der Waals surface area contributed by atoms with Gasteiger partial charge in [0.25, 0.3) is 0 Å². The van der Waals surface area contributed by atoms with Crippen LogP contribution in [0.5, 0.6) is 0 Å². The van der Waals surface area contributed by atoms with E-state index in [9.17, 15) is 10.1 Å². The average molecular weight is 536 g/mol. The first-order chi connectivity index (χ1) is 19.6. The highest BCUT2D eigenvalue weighted by molar-refractivity contribution is 5.96. The summed E-state index contributed by atoms with van der Waals surface area (Å²) in [4.78, 5) is 23.5. The Bertz CT molecular complexity index is 1350. The monoisotopic (exact) mass is 535 g/mol. The lowest BCUT2D eigenvalue weighted by Gasteiger charge is -2.36. The van der Waals surface area contributed by atoms with Crippen LogP contribution >= 0.6 is 0 Å². The second-order valence-electron chi connectivity index (χ2n) is 11.4. The van der Waals surface area contributed by atoms with Crippen molar-refractivity contribution in [1.29, 1.82) is 5.26 Å². The average Bonchev–Trinajstić information content (AvgIpc) is 3.41. The van der Waals surface area contributed by atoms with Crippen LogP contribution in [0.1, 0.15) is 60.0 Å². The number of H-pyrrole nitrogens is 1. The number of hydrogen-bond acceptors (Lipinski definition) is 5. The Kier molecular flexibility index (Phi) is 9.55. The van der Waals surface area contributed by atoms with Crippen LogP contribution < -0.4 is 4.90 Å². The van der Waals surface area contributed by atoms with Gasteiger partial charge in [-0.25, -0.2) is 0 Å². The number of nitrogens with zero attached hydrogens (tertiary/aromatic N) is 4. The minimum atomic E-state index is 0.264. The molecule has 2 fully saturated rings. The number of piperazine rings is 1. The lowest BCUT2D eigenvalue weighted by atomic mass is 9.90. The fourth-order valence-corrected chi connectivity index (χ4v) is 6.24. The van der Waals surface area contributed by atoms with E-state index in [1.807, 2.05) is 30.3 Å². The number of aryl methyl sites for hydroxylation is 1. The van der Waals surface area contributed by atoms with Crippen molar-refractivity contribution in [2.75, 3.05) is 57.3 Å². The van der Waals surface area contributed by atoms with Crippen molar-refractivity contribution in [3.63, 3.8) is 0 Å². The van der Waals surface area contributed by atoms with E-state index in [2.05, 4.69) is 50.0 Å². The molecule has 2 aromatic carbocycles. The molecule has 2 aliphatic heterocycles. The Labute approximate surface area is 238 Å². The molecule has 1 aromatic heterocycles. The van der Waals surface area contributed by atoms with E-state index >= 15 is 0 Å². The summed E-state index contributed by atoms with van der Waals surface area (Å²) in [6, 6.07) is 16.4. The molecule has 6 nitrogen and oxygen atoms in total. The summed E-state index contributed by atoms with van der Waals surface area (Å²) in [5.41, 5.74) is 5.19. The van der Waals surface area contributed by atoms with Crippen molar-refractivity contribution in [2.45, 2.75) is 44.9 Å². The van der Waals surface area contributed by atoms with Crippen molar-refractivity contribution < 1.29 is 4.79 Å². The van der Waals surface area contributed by atoms with Crippen LogP contribution in [0.2, 0.25) is 0 Å². The highest BCUT2D eigenvalue weighted by Crippen LogP contribution is 2.24. The van der Waals surface area contributed by atoms with Gasteiger partial charge in [-0.05, 0) is 112 Å². The molecule has 0 unspecified atom stereocenters. The third-order valence-corrected chi connectivity index (χ3v) is 8.80. The minimum Gasteiger partial charge on any atom is -0.369 e. The molecule has 0 atom stereocenters. The number of piperidine rings is 1.